The average molecular weight is 397 g/mol. The Bertz CT molecular complexity index is 1110. The number of aromatic nitrogens is 2. The van der Waals surface area contributed by atoms with E-state index in [0.29, 0.717) is 11.5 Å². The molecule has 28 heavy (non-hydrogen) atoms. The first kappa shape index (κ1) is 18.7. The summed E-state index contributed by atoms with van der Waals surface area (Å²) >= 11 is 1.64. The number of carbonyl (C=O) groups excluding carboxylic acids is 1. The summed E-state index contributed by atoms with van der Waals surface area (Å²) in [7, 11) is 1.60. The molecule has 0 fully saturated rings. The molecule has 1 aliphatic rings. The van der Waals surface area contributed by atoms with Crippen LogP contribution >= 0.6 is 11.3 Å². The predicted octanol–water partition coefficient (Wildman–Crippen LogP) is 4.02. The van der Waals surface area contributed by atoms with E-state index in [4.69, 9.17) is 4.98 Å². The number of nitrogens with zero attached hydrogens (tertiary/aromatic N) is 2. The Labute approximate surface area is 167 Å². The van der Waals surface area contributed by atoms with Crippen molar-refractivity contribution in [3.8, 4) is 0 Å². The molecule has 2 aromatic heterocycles. The summed E-state index contributed by atoms with van der Waals surface area (Å²) in [6.07, 6.45) is 4.31. The van der Waals surface area contributed by atoms with E-state index in [0.717, 1.165) is 35.2 Å². The van der Waals surface area contributed by atoms with Crippen LogP contribution in [0.15, 0.2) is 29.1 Å². The SMILES string of the molecule is CNC(=O)c1cccc(Nc2nc3sc4c(c3c(=O)n2C(C)C)CCCC4)c1. The quantitative estimate of drug-likeness (QED) is 0.698. The van der Waals surface area contributed by atoms with Gasteiger partial charge >= 0.3 is 0 Å². The Morgan fingerprint density at radius 3 is 2.79 bits per heavy atom. The van der Waals surface area contributed by atoms with Crippen LogP contribution in [0.25, 0.3) is 10.2 Å². The smallest absolute Gasteiger partial charge is 0.264 e. The fourth-order valence-corrected chi connectivity index (χ4v) is 5.05. The molecule has 146 valence electrons. The predicted molar refractivity (Wildman–Crippen MR) is 114 cm³/mol. The molecule has 0 radical (unpaired) electrons. The van der Waals surface area contributed by atoms with Gasteiger partial charge in [0.1, 0.15) is 4.83 Å². The highest BCUT2D eigenvalue weighted by atomic mass is 32.1. The van der Waals surface area contributed by atoms with Crippen LogP contribution < -0.4 is 16.2 Å². The summed E-state index contributed by atoms with van der Waals surface area (Å²) in [5.74, 6) is 0.361. The van der Waals surface area contributed by atoms with Crippen molar-refractivity contribution in [2.75, 3.05) is 12.4 Å². The first-order valence-electron chi connectivity index (χ1n) is 9.65. The molecule has 6 nitrogen and oxygen atoms in total. The van der Waals surface area contributed by atoms with Gasteiger partial charge in [-0.1, -0.05) is 6.07 Å². The zero-order valence-electron chi connectivity index (χ0n) is 16.3. The van der Waals surface area contributed by atoms with Gasteiger partial charge in [-0.25, -0.2) is 4.98 Å². The lowest BCUT2D eigenvalue weighted by atomic mass is 9.97. The van der Waals surface area contributed by atoms with Crippen molar-refractivity contribution >= 4 is 39.1 Å². The van der Waals surface area contributed by atoms with Gasteiger partial charge in [0.15, 0.2) is 0 Å². The van der Waals surface area contributed by atoms with Crippen LogP contribution in [0.4, 0.5) is 11.6 Å². The largest absolute Gasteiger partial charge is 0.355 e. The second kappa shape index (κ2) is 7.39. The number of hydrogen-bond acceptors (Lipinski definition) is 5. The number of aryl methyl sites for hydroxylation is 2. The summed E-state index contributed by atoms with van der Waals surface area (Å²) in [6, 6.07) is 7.16. The number of nitrogens with one attached hydrogen (secondary N) is 2. The molecule has 0 aliphatic heterocycles. The molecule has 1 aromatic carbocycles. The standard InChI is InChI=1S/C21H24N4O2S/c1-12(2)25-20(27)17-15-9-4-5-10-16(15)28-19(17)24-21(25)23-14-8-6-7-13(11-14)18(26)22-3/h6-8,11-12H,4-5,9-10H2,1-3H3,(H,22,26)(H,23,24). The van der Waals surface area contributed by atoms with E-state index >= 15 is 0 Å². The normalized spacial score (nSPS) is 13.6. The molecule has 0 spiro atoms. The van der Waals surface area contributed by atoms with Crippen molar-refractivity contribution in [3.05, 3.63) is 50.6 Å². The minimum Gasteiger partial charge on any atom is -0.355 e. The number of benzene rings is 1. The first-order chi connectivity index (χ1) is 13.5. The van der Waals surface area contributed by atoms with Gasteiger partial charge in [-0.2, -0.15) is 0 Å². The molecule has 2 heterocycles. The van der Waals surface area contributed by atoms with Gasteiger partial charge in [0, 0.05) is 29.2 Å². The topological polar surface area (TPSA) is 76.0 Å². The highest BCUT2D eigenvalue weighted by Crippen LogP contribution is 2.35. The van der Waals surface area contributed by atoms with Crippen LogP contribution in [0.2, 0.25) is 0 Å². The molecule has 0 saturated heterocycles. The lowest BCUT2D eigenvalue weighted by Crippen LogP contribution is -2.26. The highest BCUT2D eigenvalue weighted by Gasteiger charge is 2.23. The second-order valence-electron chi connectivity index (χ2n) is 7.38. The van der Waals surface area contributed by atoms with E-state index in [1.165, 1.54) is 16.9 Å². The number of hydrogen-bond donors (Lipinski definition) is 2. The Kier molecular flexibility index (Phi) is 4.93. The maximum Gasteiger partial charge on any atom is 0.264 e. The van der Waals surface area contributed by atoms with Gasteiger partial charge in [0.2, 0.25) is 5.95 Å². The summed E-state index contributed by atoms with van der Waals surface area (Å²) < 4.78 is 1.72. The summed E-state index contributed by atoms with van der Waals surface area (Å²) in [6.45, 7) is 3.97. The first-order valence-corrected chi connectivity index (χ1v) is 10.5. The van der Waals surface area contributed by atoms with Crippen LogP contribution in [0.3, 0.4) is 0 Å². The van der Waals surface area contributed by atoms with E-state index in [9.17, 15) is 9.59 Å². The maximum atomic E-state index is 13.4. The maximum absolute atomic E-state index is 13.4. The number of anilines is 2. The minimum atomic E-state index is -0.153. The Hall–Kier alpha value is -2.67. The number of amides is 1. The molecule has 2 N–H and O–H groups in total. The van der Waals surface area contributed by atoms with Crippen LogP contribution in [-0.2, 0) is 12.8 Å². The zero-order chi connectivity index (χ0) is 19.8. The molecule has 7 heteroatoms. The highest BCUT2D eigenvalue weighted by molar-refractivity contribution is 7.18. The Morgan fingerprint density at radius 2 is 2.04 bits per heavy atom. The third-order valence-electron chi connectivity index (χ3n) is 5.15. The van der Waals surface area contributed by atoms with Crippen molar-refractivity contribution in [1.82, 2.24) is 14.9 Å². The second-order valence-corrected chi connectivity index (χ2v) is 8.46. The third-order valence-corrected chi connectivity index (χ3v) is 6.33. The van der Waals surface area contributed by atoms with Crippen molar-refractivity contribution in [2.45, 2.75) is 45.6 Å². The molecule has 3 aromatic rings. The van der Waals surface area contributed by atoms with E-state index < -0.39 is 0 Å². The Morgan fingerprint density at radius 1 is 1.25 bits per heavy atom. The lowest BCUT2D eigenvalue weighted by molar-refractivity contribution is 0.0963. The van der Waals surface area contributed by atoms with Gasteiger partial charge in [-0.05, 0) is 63.3 Å². The molecule has 0 atom stereocenters. The van der Waals surface area contributed by atoms with E-state index in [1.807, 2.05) is 26.0 Å². The molecule has 0 bridgehead atoms. The van der Waals surface area contributed by atoms with Gasteiger partial charge in [0.25, 0.3) is 11.5 Å². The molecule has 4 rings (SSSR count). The van der Waals surface area contributed by atoms with Gasteiger partial charge in [-0.3, -0.25) is 14.2 Å². The van der Waals surface area contributed by atoms with Crippen molar-refractivity contribution < 1.29 is 4.79 Å². The van der Waals surface area contributed by atoms with Crippen LogP contribution in [-0.4, -0.2) is 22.5 Å². The fourth-order valence-electron chi connectivity index (χ4n) is 3.80. The minimum absolute atomic E-state index is 0.0179. The van der Waals surface area contributed by atoms with E-state index in [-0.39, 0.29) is 17.5 Å². The summed E-state index contributed by atoms with van der Waals surface area (Å²) in [5.41, 5.74) is 2.50. The zero-order valence-corrected chi connectivity index (χ0v) is 17.2. The molecular formula is C21H24N4O2S. The van der Waals surface area contributed by atoms with Gasteiger partial charge in [0.05, 0.1) is 5.39 Å². The number of thiophene rings is 1. The summed E-state index contributed by atoms with van der Waals surface area (Å²) in [4.78, 5) is 32.2. The molecule has 1 amide bonds. The van der Waals surface area contributed by atoms with Gasteiger partial charge < -0.3 is 10.6 Å². The van der Waals surface area contributed by atoms with Crippen molar-refractivity contribution in [3.63, 3.8) is 0 Å². The Balaban J connectivity index is 1.84. The molecule has 0 saturated carbocycles. The van der Waals surface area contributed by atoms with Gasteiger partial charge in [-0.15, -0.1) is 11.3 Å². The monoisotopic (exact) mass is 396 g/mol. The number of fused-ring (bicyclic) bond motifs is 3. The molecule has 1 aliphatic carbocycles. The summed E-state index contributed by atoms with van der Waals surface area (Å²) in [5, 5.41) is 6.68. The number of rotatable bonds is 4. The van der Waals surface area contributed by atoms with Crippen molar-refractivity contribution in [2.24, 2.45) is 0 Å². The molecular weight excluding hydrogens is 372 g/mol. The van der Waals surface area contributed by atoms with Crippen molar-refractivity contribution in [1.29, 1.82) is 0 Å². The molecule has 0 unspecified atom stereocenters. The third kappa shape index (κ3) is 3.20. The van der Waals surface area contributed by atoms with Crippen LogP contribution in [0.1, 0.15) is 53.5 Å². The van der Waals surface area contributed by atoms with E-state index in [2.05, 4.69) is 10.6 Å². The lowest BCUT2D eigenvalue weighted by Gasteiger charge is -2.17. The van der Waals surface area contributed by atoms with Crippen LogP contribution in [0, 0.1) is 0 Å². The average Bonchev–Trinajstić information content (AvgIpc) is 3.05. The number of carbonyl (C=O) groups is 1. The van der Waals surface area contributed by atoms with Crippen LogP contribution in [0.5, 0.6) is 0 Å². The van der Waals surface area contributed by atoms with E-state index in [1.54, 1.807) is 35.1 Å². The fraction of sp³-hybridized carbons (Fsp3) is 0.381.